The summed E-state index contributed by atoms with van der Waals surface area (Å²) in [5, 5.41) is 4.19. The molecule has 0 aliphatic carbocycles. The van der Waals surface area contributed by atoms with Crippen LogP contribution in [0.15, 0.2) is 12.3 Å². The van der Waals surface area contributed by atoms with E-state index in [1.54, 1.807) is 0 Å². The Morgan fingerprint density at radius 1 is 1.36 bits per heavy atom. The molecule has 2 aliphatic heterocycles. The summed E-state index contributed by atoms with van der Waals surface area (Å²) >= 11 is 0. The van der Waals surface area contributed by atoms with Crippen LogP contribution in [0.25, 0.3) is 0 Å². The summed E-state index contributed by atoms with van der Waals surface area (Å²) in [5.74, 6) is 0.0753. The lowest BCUT2D eigenvalue weighted by molar-refractivity contribution is -0.130. The van der Waals surface area contributed by atoms with Gasteiger partial charge >= 0.3 is 0 Å². The van der Waals surface area contributed by atoms with Gasteiger partial charge in [0.2, 0.25) is 5.91 Å². The number of halogens is 1. The van der Waals surface area contributed by atoms with Crippen molar-refractivity contribution in [1.82, 2.24) is 19.6 Å². The number of aryl methyl sites for hydroxylation is 1. The van der Waals surface area contributed by atoms with Crippen molar-refractivity contribution in [3.05, 3.63) is 18.0 Å². The highest BCUT2D eigenvalue weighted by Crippen LogP contribution is 2.25. The molecule has 0 spiro atoms. The molecule has 0 saturated carbocycles. The van der Waals surface area contributed by atoms with Crippen molar-refractivity contribution in [2.24, 2.45) is 13.0 Å². The predicted octanol–water partition coefficient (Wildman–Crippen LogP) is 1.24. The van der Waals surface area contributed by atoms with Gasteiger partial charge in [0, 0.05) is 69.9 Å². The third-order valence-corrected chi connectivity index (χ3v) is 5.06. The topological polar surface area (TPSA) is 41.4 Å². The standard InChI is InChI=1S/C16H25FN4O/c1-19-14(2-6-18-19)3-7-20-8-4-15(5-9-20)21-12-13(11-17)10-16(21)22/h2,6,13,15H,3-5,7-12H2,1H3. The van der Waals surface area contributed by atoms with Gasteiger partial charge in [0.15, 0.2) is 0 Å². The van der Waals surface area contributed by atoms with Crippen LogP contribution in [0.5, 0.6) is 0 Å². The van der Waals surface area contributed by atoms with E-state index in [1.165, 1.54) is 5.69 Å². The van der Waals surface area contributed by atoms with E-state index in [2.05, 4.69) is 16.1 Å². The molecule has 1 atom stereocenters. The largest absolute Gasteiger partial charge is 0.339 e. The Bertz CT molecular complexity index is 510. The number of likely N-dealkylation sites (tertiary alicyclic amines) is 2. The highest BCUT2D eigenvalue weighted by atomic mass is 19.1. The summed E-state index contributed by atoms with van der Waals surface area (Å²) in [6.07, 6.45) is 5.26. The molecule has 0 radical (unpaired) electrons. The molecule has 5 nitrogen and oxygen atoms in total. The molecule has 122 valence electrons. The van der Waals surface area contributed by atoms with Gasteiger partial charge in [-0.25, -0.2) is 0 Å². The second kappa shape index (κ2) is 6.77. The molecule has 22 heavy (non-hydrogen) atoms. The fraction of sp³-hybridized carbons (Fsp3) is 0.750. The molecule has 1 unspecified atom stereocenters. The van der Waals surface area contributed by atoms with Crippen LogP contribution < -0.4 is 0 Å². The summed E-state index contributed by atoms with van der Waals surface area (Å²) in [7, 11) is 1.97. The van der Waals surface area contributed by atoms with Gasteiger partial charge in [0.25, 0.3) is 0 Å². The van der Waals surface area contributed by atoms with Crippen molar-refractivity contribution >= 4 is 5.91 Å². The van der Waals surface area contributed by atoms with Crippen molar-refractivity contribution in [3.63, 3.8) is 0 Å². The first-order valence-electron chi connectivity index (χ1n) is 8.22. The highest BCUT2D eigenvalue weighted by Gasteiger charge is 2.35. The van der Waals surface area contributed by atoms with Crippen LogP contribution >= 0.6 is 0 Å². The zero-order chi connectivity index (χ0) is 15.5. The van der Waals surface area contributed by atoms with E-state index in [4.69, 9.17) is 0 Å². The van der Waals surface area contributed by atoms with E-state index in [0.717, 1.165) is 38.9 Å². The Morgan fingerprint density at radius 2 is 2.14 bits per heavy atom. The molecule has 6 heteroatoms. The molecule has 2 saturated heterocycles. The third kappa shape index (κ3) is 3.32. The van der Waals surface area contributed by atoms with Gasteiger partial charge in [-0.1, -0.05) is 0 Å². The number of rotatable bonds is 5. The summed E-state index contributed by atoms with van der Waals surface area (Å²) < 4.78 is 14.7. The number of aromatic nitrogens is 2. The molecular formula is C16H25FN4O. The lowest BCUT2D eigenvalue weighted by Crippen LogP contribution is -2.46. The second-order valence-electron chi connectivity index (χ2n) is 6.54. The van der Waals surface area contributed by atoms with E-state index >= 15 is 0 Å². The zero-order valence-electron chi connectivity index (χ0n) is 13.2. The summed E-state index contributed by atoms with van der Waals surface area (Å²) in [6.45, 7) is 3.33. The van der Waals surface area contributed by atoms with Crippen LogP contribution in [0, 0.1) is 5.92 Å². The highest BCUT2D eigenvalue weighted by molar-refractivity contribution is 5.79. The van der Waals surface area contributed by atoms with Crippen molar-refractivity contribution in [2.45, 2.75) is 31.7 Å². The minimum Gasteiger partial charge on any atom is -0.339 e. The fourth-order valence-corrected chi connectivity index (χ4v) is 3.64. The normalized spacial score (nSPS) is 24.4. The lowest BCUT2D eigenvalue weighted by Gasteiger charge is -2.36. The Labute approximate surface area is 131 Å². The monoisotopic (exact) mass is 308 g/mol. The first-order chi connectivity index (χ1) is 10.7. The van der Waals surface area contributed by atoms with Crippen LogP contribution in [0.2, 0.25) is 0 Å². The predicted molar refractivity (Wildman–Crippen MR) is 82.2 cm³/mol. The molecule has 3 heterocycles. The molecule has 3 rings (SSSR count). The first kappa shape index (κ1) is 15.5. The molecule has 1 amide bonds. The summed E-state index contributed by atoms with van der Waals surface area (Å²) in [5.41, 5.74) is 1.25. The van der Waals surface area contributed by atoms with Crippen molar-refractivity contribution in [1.29, 1.82) is 0 Å². The van der Waals surface area contributed by atoms with Crippen LogP contribution in [0.4, 0.5) is 4.39 Å². The minimum atomic E-state index is -0.369. The quantitative estimate of drug-likeness (QED) is 0.822. The van der Waals surface area contributed by atoms with Gasteiger partial charge in [-0.2, -0.15) is 5.10 Å². The van der Waals surface area contributed by atoms with E-state index in [0.29, 0.717) is 19.0 Å². The SMILES string of the molecule is Cn1nccc1CCN1CCC(N2CC(CF)CC2=O)CC1. The molecule has 0 N–H and O–H groups in total. The molecular weight excluding hydrogens is 283 g/mol. The van der Waals surface area contributed by atoms with Crippen LogP contribution in [0.3, 0.4) is 0 Å². The van der Waals surface area contributed by atoms with Gasteiger partial charge in [-0.3, -0.25) is 13.9 Å². The van der Waals surface area contributed by atoms with Gasteiger partial charge in [0.05, 0.1) is 6.67 Å². The maximum Gasteiger partial charge on any atom is 0.223 e. The van der Waals surface area contributed by atoms with E-state index < -0.39 is 0 Å². The molecule has 1 aromatic rings. The molecule has 0 bridgehead atoms. The number of alkyl halides is 1. The number of carbonyl (C=O) groups excluding carboxylic acids is 1. The summed E-state index contributed by atoms with van der Waals surface area (Å²) in [4.78, 5) is 16.4. The Morgan fingerprint density at radius 3 is 2.73 bits per heavy atom. The maximum absolute atomic E-state index is 12.7. The summed E-state index contributed by atoms with van der Waals surface area (Å²) in [6, 6.07) is 2.38. The van der Waals surface area contributed by atoms with E-state index in [1.807, 2.05) is 22.8 Å². The number of hydrogen-bond acceptors (Lipinski definition) is 3. The Hall–Kier alpha value is -1.43. The minimum absolute atomic E-state index is 0.0737. The van der Waals surface area contributed by atoms with Crippen molar-refractivity contribution in [3.8, 4) is 0 Å². The second-order valence-corrected chi connectivity index (χ2v) is 6.54. The average Bonchev–Trinajstić information content (AvgIpc) is 3.11. The number of carbonyl (C=O) groups is 1. The van der Waals surface area contributed by atoms with Crippen LogP contribution in [0.1, 0.15) is 25.0 Å². The van der Waals surface area contributed by atoms with Crippen molar-refractivity contribution in [2.75, 3.05) is 32.9 Å². The molecule has 0 aromatic carbocycles. The van der Waals surface area contributed by atoms with Crippen LogP contribution in [-0.2, 0) is 18.3 Å². The number of piperidine rings is 1. The fourth-order valence-electron chi connectivity index (χ4n) is 3.64. The van der Waals surface area contributed by atoms with Gasteiger partial charge < -0.3 is 9.80 Å². The lowest BCUT2D eigenvalue weighted by atomic mass is 10.0. The Balaban J connectivity index is 1.44. The zero-order valence-corrected chi connectivity index (χ0v) is 13.2. The van der Waals surface area contributed by atoms with E-state index in [-0.39, 0.29) is 18.5 Å². The van der Waals surface area contributed by atoms with E-state index in [9.17, 15) is 9.18 Å². The first-order valence-corrected chi connectivity index (χ1v) is 8.22. The smallest absolute Gasteiger partial charge is 0.223 e. The van der Waals surface area contributed by atoms with Crippen LogP contribution in [-0.4, -0.2) is 64.4 Å². The van der Waals surface area contributed by atoms with Gasteiger partial charge in [-0.05, 0) is 18.9 Å². The van der Waals surface area contributed by atoms with Crippen molar-refractivity contribution < 1.29 is 9.18 Å². The average molecular weight is 308 g/mol. The number of nitrogens with zero attached hydrogens (tertiary/aromatic N) is 4. The molecule has 1 aromatic heterocycles. The maximum atomic E-state index is 12.7. The number of hydrogen-bond donors (Lipinski definition) is 0. The Kier molecular flexibility index (Phi) is 4.76. The van der Waals surface area contributed by atoms with Gasteiger partial charge in [-0.15, -0.1) is 0 Å². The molecule has 2 aliphatic rings. The molecule has 2 fully saturated rings. The number of amides is 1. The third-order valence-electron chi connectivity index (χ3n) is 5.06. The van der Waals surface area contributed by atoms with Gasteiger partial charge in [0.1, 0.15) is 0 Å².